The summed E-state index contributed by atoms with van der Waals surface area (Å²) < 4.78 is 7.70. The average Bonchev–Trinajstić information content (AvgIpc) is 3.14. The number of carboxylic acids is 1. The van der Waals surface area contributed by atoms with Gasteiger partial charge in [0.2, 0.25) is 0 Å². The molecular weight excluding hydrogens is 324 g/mol. The Morgan fingerprint density at radius 2 is 2.08 bits per heavy atom. The van der Waals surface area contributed by atoms with Crippen molar-refractivity contribution in [1.29, 1.82) is 0 Å². The molecule has 0 saturated carbocycles. The van der Waals surface area contributed by atoms with Crippen LogP contribution in [0.4, 0.5) is 0 Å². The molecule has 3 rings (SSSR count). The fraction of sp³-hybridized carbons (Fsp3) is 0.389. The molecule has 0 amide bonds. The molecule has 0 aliphatic carbocycles. The molecule has 6 heteroatoms. The van der Waals surface area contributed by atoms with Crippen LogP contribution in [0.25, 0.3) is 5.69 Å². The summed E-state index contributed by atoms with van der Waals surface area (Å²) in [6, 6.07) is 10.2. The number of aryl methyl sites for hydroxylation is 1. The van der Waals surface area contributed by atoms with Gasteiger partial charge in [0.25, 0.3) is 0 Å². The van der Waals surface area contributed by atoms with Crippen LogP contribution in [0.5, 0.6) is 5.75 Å². The number of nitrogens with zero attached hydrogens (tertiary/aromatic N) is 1. The Morgan fingerprint density at radius 3 is 2.67 bits per heavy atom. The number of ether oxygens (including phenoxy) is 1. The summed E-state index contributed by atoms with van der Waals surface area (Å²) in [6.45, 7) is 7.27. The lowest BCUT2D eigenvalue weighted by Gasteiger charge is -2.13. The number of benzene rings is 1. The maximum Gasteiger partial charge on any atom is 0.318 e. The maximum absolute atomic E-state index is 11.2. The first-order valence-corrected chi connectivity index (χ1v) is 8.99. The molecule has 0 radical (unpaired) electrons. The topological polar surface area (TPSA) is 63.5 Å². The molecule has 1 aromatic carbocycles. The van der Waals surface area contributed by atoms with Crippen molar-refractivity contribution in [3.05, 3.63) is 47.3 Å². The highest BCUT2D eigenvalue weighted by Crippen LogP contribution is 2.38. The summed E-state index contributed by atoms with van der Waals surface area (Å²) >= 11 is 1.47. The predicted octanol–water partition coefficient (Wildman–Crippen LogP) is 3.28. The zero-order valence-corrected chi connectivity index (χ0v) is 14.9. The van der Waals surface area contributed by atoms with E-state index in [4.69, 9.17) is 4.74 Å². The molecule has 1 aromatic heterocycles. The Morgan fingerprint density at radius 1 is 1.38 bits per heavy atom. The van der Waals surface area contributed by atoms with Crippen LogP contribution < -0.4 is 10.1 Å². The first-order chi connectivity index (χ1) is 11.5. The van der Waals surface area contributed by atoms with Crippen molar-refractivity contribution in [1.82, 2.24) is 9.88 Å². The Balaban J connectivity index is 1.88. The first-order valence-electron chi connectivity index (χ1n) is 8.05. The van der Waals surface area contributed by atoms with Gasteiger partial charge in [-0.3, -0.25) is 10.1 Å². The van der Waals surface area contributed by atoms with E-state index in [0.29, 0.717) is 13.2 Å². The second-order valence-electron chi connectivity index (χ2n) is 5.84. The van der Waals surface area contributed by atoms with Gasteiger partial charge in [-0.25, -0.2) is 0 Å². The number of hydrogen-bond donors (Lipinski definition) is 2. The molecule has 2 atom stereocenters. The molecule has 0 bridgehead atoms. The van der Waals surface area contributed by atoms with Crippen molar-refractivity contribution in [2.75, 3.05) is 13.2 Å². The normalized spacial score (nSPS) is 20.3. The van der Waals surface area contributed by atoms with Gasteiger partial charge in [0.1, 0.15) is 11.0 Å². The van der Waals surface area contributed by atoms with Crippen LogP contribution in [0.15, 0.2) is 30.3 Å². The van der Waals surface area contributed by atoms with E-state index in [-0.39, 0.29) is 10.6 Å². The highest BCUT2D eigenvalue weighted by atomic mass is 32.2. The fourth-order valence-electron chi connectivity index (χ4n) is 3.11. The summed E-state index contributed by atoms with van der Waals surface area (Å²) in [4.78, 5) is 11.2. The number of nitrogens with one attached hydrogen (secondary N) is 1. The van der Waals surface area contributed by atoms with Crippen LogP contribution in [0, 0.1) is 13.8 Å². The first kappa shape index (κ1) is 16.9. The van der Waals surface area contributed by atoms with E-state index in [9.17, 15) is 9.90 Å². The lowest BCUT2D eigenvalue weighted by molar-refractivity contribution is -0.136. The van der Waals surface area contributed by atoms with Gasteiger partial charge in [0.15, 0.2) is 0 Å². The van der Waals surface area contributed by atoms with Crippen molar-refractivity contribution in [2.45, 2.75) is 31.4 Å². The minimum absolute atomic E-state index is 0.0220. The van der Waals surface area contributed by atoms with E-state index in [1.165, 1.54) is 11.8 Å². The van der Waals surface area contributed by atoms with Gasteiger partial charge in [0.05, 0.1) is 12.0 Å². The second kappa shape index (κ2) is 6.91. The zero-order chi connectivity index (χ0) is 17.3. The van der Waals surface area contributed by atoms with Crippen LogP contribution >= 0.6 is 11.8 Å². The van der Waals surface area contributed by atoms with Gasteiger partial charge < -0.3 is 14.4 Å². The van der Waals surface area contributed by atoms with E-state index in [1.54, 1.807) is 0 Å². The van der Waals surface area contributed by atoms with E-state index in [0.717, 1.165) is 28.4 Å². The molecule has 0 unspecified atom stereocenters. The van der Waals surface area contributed by atoms with E-state index < -0.39 is 5.97 Å². The molecule has 24 heavy (non-hydrogen) atoms. The van der Waals surface area contributed by atoms with E-state index in [1.807, 2.05) is 31.2 Å². The van der Waals surface area contributed by atoms with Crippen LogP contribution in [0.1, 0.15) is 29.2 Å². The summed E-state index contributed by atoms with van der Waals surface area (Å²) in [5.41, 5.74) is 4.49. The Bertz CT molecular complexity index is 739. The summed E-state index contributed by atoms with van der Waals surface area (Å²) in [5.74, 6) is 0.108. The summed E-state index contributed by atoms with van der Waals surface area (Å²) in [7, 11) is 0. The number of carboxylic acid groups (broad SMARTS) is 1. The molecule has 2 N–H and O–H groups in total. The minimum atomic E-state index is -0.754. The summed E-state index contributed by atoms with van der Waals surface area (Å²) in [6.07, 6.45) is 0. The van der Waals surface area contributed by atoms with E-state index in [2.05, 4.69) is 29.8 Å². The Labute approximate surface area is 146 Å². The molecule has 0 spiro atoms. The fourth-order valence-corrected chi connectivity index (χ4v) is 4.33. The van der Waals surface area contributed by atoms with Crippen molar-refractivity contribution in [3.8, 4) is 11.4 Å². The molecule has 1 fully saturated rings. The average molecular weight is 346 g/mol. The number of carbonyl (C=O) groups is 1. The van der Waals surface area contributed by atoms with Crippen LogP contribution in [-0.2, 0) is 4.79 Å². The maximum atomic E-state index is 11.2. The molecular formula is C18H22N2O3S. The third kappa shape index (κ3) is 3.16. The van der Waals surface area contributed by atoms with Gasteiger partial charge in [-0.15, -0.1) is 11.8 Å². The molecule has 128 valence electrons. The van der Waals surface area contributed by atoms with Crippen molar-refractivity contribution < 1.29 is 14.6 Å². The Hall–Kier alpha value is -1.92. The molecule has 2 heterocycles. The molecule has 1 aliphatic rings. The molecule has 1 aliphatic heterocycles. The quantitative estimate of drug-likeness (QED) is 0.870. The zero-order valence-electron chi connectivity index (χ0n) is 14.1. The smallest absolute Gasteiger partial charge is 0.318 e. The molecule has 2 aromatic rings. The minimum Gasteiger partial charge on any atom is -0.494 e. The van der Waals surface area contributed by atoms with Crippen LogP contribution in [0.3, 0.4) is 0 Å². The standard InChI is InChI=1S/C18H22N2O3S/c1-4-23-14-7-5-13(6-8-14)20-11(2)9-15(12(20)3)17-19-10-16(24-17)18(21)22/h5-9,16-17,19H,4,10H2,1-3H3,(H,21,22)/t16-,17+/m1/s1. The third-order valence-electron chi connectivity index (χ3n) is 4.22. The third-order valence-corrected chi connectivity index (χ3v) is 5.61. The second-order valence-corrected chi connectivity index (χ2v) is 7.15. The lowest BCUT2D eigenvalue weighted by atomic mass is 10.2. The number of aromatic nitrogens is 1. The largest absolute Gasteiger partial charge is 0.494 e. The summed E-state index contributed by atoms with van der Waals surface area (Å²) in [5, 5.41) is 12.1. The van der Waals surface area contributed by atoms with Gasteiger partial charge >= 0.3 is 5.97 Å². The number of hydrogen-bond acceptors (Lipinski definition) is 4. The highest BCUT2D eigenvalue weighted by molar-refractivity contribution is 8.01. The van der Waals surface area contributed by atoms with Gasteiger partial charge in [0, 0.05) is 29.2 Å². The highest BCUT2D eigenvalue weighted by Gasteiger charge is 2.32. The van der Waals surface area contributed by atoms with Gasteiger partial charge in [-0.1, -0.05) is 0 Å². The molecule has 1 saturated heterocycles. The number of thioether (sulfide) groups is 1. The number of aliphatic carboxylic acids is 1. The number of rotatable bonds is 5. The SMILES string of the molecule is CCOc1ccc(-n2c(C)cc([C@H]3NC[C@H](C(=O)O)S3)c2C)cc1. The van der Waals surface area contributed by atoms with Crippen molar-refractivity contribution in [3.63, 3.8) is 0 Å². The predicted molar refractivity (Wildman–Crippen MR) is 96.2 cm³/mol. The van der Waals surface area contributed by atoms with Crippen LogP contribution in [0.2, 0.25) is 0 Å². The monoisotopic (exact) mass is 346 g/mol. The Kier molecular flexibility index (Phi) is 4.87. The van der Waals surface area contributed by atoms with Crippen LogP contribution in [-0.4, -0.2) is 34.0 Å². The molecule has 5 nitrogen and oxygen atoms in total. The van der Waals surface area contributed by atoms with Crippen molar-refractivity contribution >= 4 is 17.7 Å². The van der Waals surface area contributed by atoms with Gasteiger partial charge in [-0.2, -0.15) is 0 Å². The van der Waals surface area contributed by atoms with E-state index >= 15 is 0 Å². The lowest BCUT2D eigenvalue weighted by Crippen LogP contribution is -2.21. The van der Waals surface area contributed by atoms with Gasteiger partial charge in [-0.05, 0) is 51.1 Å². The van der Waals surface area contributed by atoms with Crippen molar-refractivity contribution in [2.24, 2.45) is 0 Å².